The molecule has 1 aliphatic heterocycles. The van der Waals surface area contributed by atoms with E-state index in [4.69, 9.17) is 4.74 Å². The van der Waals surface area contributed by atoms with E-state index in [1.807, 2.05) is 26.8 Å². The Bertz CT molecular complexity index is 1470. The summed E-state index contributed by atoms with van der Waals surface area (Å²) >= 11 is 0. The lowest BCUT2D eigenvalue weighted by Gasteiger charge is -2.29. The molecule has 39 heavy (non-hydrogen) atoms. The van der Waals surface area contributed by atoms with Crippen molar-refractivity contribution >= 4 is 22.5 Å². The minimum absolute atomic E-state index is 0.0445. The second-order valence-corrected chi connectivity index (χ2v) is 11.4. The number of aromatic nitrogens is 4. The Morgan fingerprint density at radius 3 is 2.64 bits per heavy atom. The number of benzene rings is 1. The van der Waals surface area contributed by atoms with Gasteiger partial charge < -0.3 is 15.0 Å². The average molecular weight is 531 g/mol. The molecule has 1 N–H and O–H groups in total. The first-order valence-corrected chi connectivity index (χ1v) is 13.4. The maximum Gasteiger partial charge on any atom is 0.230 e. The fourth-order valence-electron chi connectivity index (χ4n) is 4.86. The number of carbonyl (C=O) groups excluding carboxylic acids is 1. The Kier molecular flexibility index (Phi) is 7.61. The molecule has 0 saturated carbocycles. The highest BCUT2D eigenvalue weighted by Crippen LogP contribution is 2.31. The zero-order valence-corrected chi connectivity index (χ0v) is 22.9. The summed E-state index contributed by atoms with van der Waals surface area (Å²) in [6.45, 7) is 8.30. The quantitative estimate of drug-likeness (QED) is 0.336. The summed E-state index contributed by atoms with van der Waals surface area (Å²) in [5.74, 6) is 0.539. The molecule has 1 aromatic carbocycles. The van der Waals surface area contributed by atoms with E-state index < -0.39 is 5.82 Å². The molecule has 0 bridgehead atoms. The highest BCUT2D eigenvalue weighted by Gasteiger charge is 2.19. The predicted octanol–water partition coefficient (Wildman–Crippen LogP) is 5.58. The zero-order chi connectivity index (χ0) is 27.6. The molecule has 4 heterocycles. The van der Waals surface area contributed by atoms with Crippen LogP contribution in [0.2, 0.25) is 0 Å². The Morgan fingerprint density at radius 2 is 1.92 bits per heavy atom. The second kappa shape index (κ2) is 11.1. The van der Waals surface area contributed by atoms with Crippen molar-refractivity contribution in [1.82, 2.24) is 24.6 Å². The number of ether oxygens (including phenoxy) is 1. The van der Waals surface area contributed by atoms with E-state index in [0.29, 0.717) is 17.4 Å². The van der Waals surface area contributed by atoms with Crippen LogP contribution in [-0.4, -0.2) is 50.7 Å². The summed E-state index contributed by atoms with van der Waals surface area (Å²) in [7, 11) is 2.17. The topological polar surface area (TPSA) is 85.2 Å². The number of hydrogen-bond donors (Lipinski definition) is 1. The Hall–Kier alpha value is -3.85. The first kappa shape index (κ1) is 26.7. The molecule has 1 fully saturated rings. The van der Waals surface area contributed by atoms with Gasteiger partial charge in [-0.3, -0.25) is 19.4 Å². The number of nitrogens with zero attached hydrogens (tertiary/aromatic N) is 5. The van der Waals surface area contributed by atoms with E-state index in [1.54, 1.807) is 29.3 Å². The lowest BCUT2D eigenvalue weighted by Crippen LogP contribution is -2.30. The maximum atomic E-state index is 14.9. The third-order valence-corrected chi connectivity index (χ3v) is 7.13. The van der Waals surface area contributed by atoms with E-state index in [-0.39, 0.29) is 29.3 Å². The van der Waals surface area contributed by atoms with Crippen LogP contribution in [0.4, 0.5) is 10.1 Å². The van der Waals surface area contributed by atoms with E-state index in [9.17, 15) is 9.18 Å². The van der Waals surface area contributed by atoms with Crippen molar-refractivity contribution in [2.45, 2.75) is 52.0 Å². The van der Waals surface area contributed by atoms with Crippen molar-refractivity contribution in [2.24, 2.45) is 5.92 Å². The molecule has 0 spiro atoms. The van der Waals surface area contributed by atoms with Gasteiger partial charge in [0.05, 0.1) is 41.3 Å². The highest BCUT2D eigenvalue weighted by molar-refractivity contribution is 5.91. The summed E-state index contributed by atoms with van der Waals surface area (Å²) in [4.78, 5) is 23.5. The molecule has 1 saturated heterocycles. The first-order valence-electron chi connectivity index (χ1n) is 13.4. The van der Waals surface area contributed by atoms with Crippen molar-refractivity contribution in [2.75, 3.05) is 25.5 Å². The Morgan fingerprint density at radius 1 is 1.13 bits per heavy atom. The number of rotatable bonds is 7. The van der Waals surface area contributed by atoms with Gasteiger partial charge in [-0.05, 0) is 89.9 Å². The number of carbonyl (C=O) groups is 1. The van der Waals surface area contributed by atoms with E-state index in [2.05, 4.69) is 44.5 Å². The van der Waals surface area contributed by atoms with Gasteiger partial charge in [-0.2, -0.15) is 5.10 Å². The molecule has 1 aliphatic rings. The number of halogens is 1. The molecule has 9 heteroatoms. The SMILES string of the molecule is CN1CCC(Cc2ccc3nccc(Oc4cnc(CC(=O)Nc5cnn(C(C)(C)C)c5)c(F)c4)c3c2)CC1. The van der Waals surface area contributed by atoms with Crippen molar-refractivity contribution in [3.8, 4) is 11.5 Å². The fourth-order valence-corrected chi connectivity index (χ4v) is 4.86. The van der Waals surface area contributed by atoms with Gasteiger partial charge in [0.25, 0.3) is 0 Å². The van der Waals surface area contributed by atoms with E-state index in [1.165, 1.54) is 30.7 Å². The molecule has 0 unspecified atom stereocenters. The van der Waals surface area contributed by atoms with Crippen molar-refractivity contribution in [3.63, 3.8) is 0 Å². The fraction of sp³-hybridized carbons (Fsp3) is 0.400. The number of anilines is 1. The van der Waals surface area contributed by atoms with Gasteiger partial charge >= 0.3 is 0 Å². The van der Waals surface area contributed by atoms with Gasteiger partial charge in [0.1, 0.15) is 17.3 Å². The maximum absolute atomic E-state index is 14.9. The van der Waals surface area contributed by atoms with Crippen LogP contribution in [0.15, 0.2) is 55.1 Å². The summed E-state index contributed by atoms with van der Waals surface area (Å²) < 4.78 is 22.7. The van der Waals surface area contributed by atoms with Gasteiger partial charge in [0, 0.05) is 23.8 Å². The smallest absolute Gasteiger partial charge is 0.230 e. The van der Waals surface area contributed by atoms with Crippen molar-refractivity contribution in [3.05, 3.63) is 72.2 Å². The van der Waals surface area contributed by atoms with E-state index in [0.717, 1.165) is 30.4 Å². The Balaban J connectivity index is 1.26. The van der Waals surface area contributed by atoms with Crippen molar-refractivity contribution < 1.29 is 13.9 Å². The molecule has 0 aliphatic carbocycles. The molecule has 0 atom stereocenters. The molecular formula is C30H35FN6O2. The number of hydrogen-bond acceptors (Lipinski definition) is 6. The number of fused-ring (bicyclic) bond motifs is 1. The summed E-state index contributed by atoms with van der Waals surface area (Å²) in [6, 6.07) is 9.31. The summed E-state index contributed by atoms with van der Waals surface area (Å²) in [6.07, 6.45) is 9.64. The van der Waals surface area contributed by atoms with Gasteiger partial charge in [0.2, 0.25) is 5.91 Å². The predicted molar refractivity (Wildman–Crippen MR) is 149 cm³/mol. The van der Waals surface area contributed by atoms with Crippen LogP contribution in [0.5, 0.6) is 11.5 Å². The third-order valence-electron chi connectivity index (χ3n) is 7.13. The number of pyridine rings is 2. The van der Waals surface area contributed by atoms with Crippen LogP contribution >= 0.6 is 0 Å². The lowest BCUT2D eigenvalue weighted by molar-refractivity contribution is -0.115. The standard InChI is InChI=1S/C30H35FN6O2/c1-30(2,3)37-19-22(17-34-37)35-29(38)16-27-25(31)15-23(18-33-27)39-28-7-10-32-26-6-5-21(14-24(26)28)13-20-8-11-36(4)12-9-20/h5-7,10,14-15,17-20H,8-9,11-13,16H2,1-4H3,(H,35,38). The molecular weight excluding hydrogens is 495 g/mol. The van der Waals surface area contributed by atoms with Crippen LogP contribution in [0.3, 0.4) is 0 Å². The van der Waals surface area contributed by atoms with Crippen LogP contribution in [0.25, 0.3) is 10.9 Å². The van der Waals surface area contributed by atoms with Crippen LogP contribution < -0.4 is 10.1 Å². The highest BCUT2D eigenvalue weighted by atomic mass is 19.1. The normalized spacial score (nSPS) is 15.0. The number of nitrogens with one attached hydrogen (secondary N) is 1. The minimum Gasteiger partial charge on any atom is -0.455 e. The van der Waals surface area contributed by atoms with Gasteiger partial charge in [-0.25, -0.2) is 4.39 Å². The molecule has 3 aromatic heterocycles. The molecule has 1 amide bonds. The first-order chi connectivity index (χ1) is 18.6. The molecule has 0 radical (unpaired) electrons. The molecule has 4 aromatic rings. The lowest BCUT2D eigenvalue weighted by atomic mass is 9.90. The molecule has 8 nitrogen and oxygen atoms in total. The minimum atomic E-state index is -0.602. The zero-order valence-electron chi connectivity index (χ0n) is 22.9. The number of amides is 1. The van der Waals surface area contributed by atoms with E-state index >= 15 is 0 Å². The molecule has 204 valence electrons. The van der Waals surface area contributed by atoms with Gasteiger partial charge in [-0.15, -0.1) is 0 Å². The van der Waals surface area contributed by atoms with Gasteiger partial charge in [-0.1, -0.05) is 6.07 Å². The number of piperidine rings is 1. The van der Waals surface area contributed by atoms with Crippen LogP contribution in [0, 0.1) is 11.7 Å². The monoisotopic (exact) mass is 530 g/mol. The summed E-state index contributed by atoms with van der Waals surface area (Å²) in [5.41, 5.74) is 2.45. The Labute approximate surface area is 228 Å². The third kappa shape index (κ3) is 6.60. The van der Waals surface area contributed by atoms with Gasteiger partial charge in [0.15, 0.2) is 0 Å². The summed E-state index contributed by atoms with van der Waals surface area (Å²) in [5, 5.41) is 7.89. The van der Waals surface area contributed by atoms with Crippen LogP contribution in [0.1, 0.15) is 44.9 Å². The average Bonchev–Trinajstić information content (AvgIpc) is 3.36. The number of likely N-dealkylation sites (tertiary alicyclic amines) is 1. The van der Waals surface area contributed by atoms with Crippen molar-refractivity contribution in [1.29, 1.82) is 0 Å². The van der Waals surface area contributed by atoms with Crippen LogP contribution in [-0.2, 0) is 23.2 Å². The second-order valence-electron chi connectivity index (χ2n) is 11.4. The largest absolute Gasteiger partial charge is 0.455 e. The molecule has 5 rings (SSSR count).